The van der Waals surface area contributed by atoms with Gasteiger partial charge in [-0.3, -0.25) is 0 Å². The van der Waals surface area contributed by atoms with Crippen LogP contribution in [0, 0.1) is 5.92 Å². The summed E-state index contributed by atoms with van der Waals surface area (Å²) >= 11 is 0. The third-order valence-electron chi connectivity index (χ3n) is 1.64. The molecule has 0 aromatic heterocycles. The SMILES string of the molecule is CCCCCCC(C)C.[Zn]. The van der Waals surface area contributed by atoms with Crippen LogP contribution >= 0.6 is 0 Å². The smallest absolute Gasteiger partial charge is 0 e. The van der Waals surface area contributed by atoms with Crippen LogP contribution in [-0.4, -0.2) is 0 Å². The van der Waals surface area contributed by atoms with Gasteiger partial charge in [0.05, 0.1) is 0 Å². The second-order valence-corrected chi connectivity index (χ2v) is 3.24. The first-order valence-corrected chi connectivity index (χ1v) is 4.27. The number of unbranched alkanes of at least 4 members (excludes halogenated alkanes) is 3. The quantitative estimate of drug-likeness (QED) is 0.462. The summed E-state index contributed by atoms with van der Waals surface area (Å²) in [5.41, 5.74) is 0. The Kier molecular flexibility index (Phi) is 12.7. The fraction of sp³-hybridized carbons (Fsp3) is 1.00. The van der Waals surface area contributed by atoms with Crippen molar-refractivity contribution in [2.75, 3.05) is 0 Å². The molecule has 0 aliphatic heterocycles. The van der Waals surface area contributed by atoms with Crippen molar-refractivity contribution in [3.63, 3.8) is 0 Å². The van der Waals surface area contributed by atoms with E-state index in [1.165, 1.54) is 32.1 Å². The van der Waals surface area contributed by atoms with E-state index in [1.807, 2.05) is 0 Å². The van der Waals surface area contributed by atoms with Crippen LogP contribution in [0.4, 0.5) is 0 Å². The Bertz CT molecular complexity index is 50.7. The largest absolute Gasteiger partial charge is 0.0654 e. The van der Waals surface area contributed by atoms with Crippen molar-refractivity contribution in [2.24, 2.45) is 5.92 Å². The molecule has 0 aliphatic carbocycles. The van der Waals surface area contributed by atoms with Crippen molar-refractivity contribution in [1.29, 1.82) is 0 Å². The Hall–Kier alpha value is 0.623. The molecule has 0 saturated heterocycles. The Balaban J connectivity index is 0. The maximum absolute atomic E-state index is 2.30. The molecule has 0 radical (unpaired) electrons. The Labute approximate surface area is 78.5 Å². The molecular formula is C9H20Zn. The van der Waals surface area contributed by atoms with Gasteiger partial charge in [0, 0.05) is 19.5 Å². The van der Waals surface area contributed by atoms with Gasteiger partial charge in [0.25, 0.3) is 0 Å². The molecular weight excluding hydrogens is 173 g/mol. The van der Waals surface area contributed by atoms with E-state index in [-0.39, 0.29) is 19.5 Å². The molecule has 1 heteroatoms. The summed E-state index contributed by atoms with van der Waals surface area (Å²) in [4.78, 5) is 0. The van der Waals surface area contributed by atoms with E-state index in [1.54, 1.807) is 0 Å². The molecule has 0 saturated carbocycles. The molecule has 0 aromatic rings. The second kappa shape index (κ2) is 9.62. The minimum Gasteiger partial charge on any atom is -0.0654 e. The van der Waals surface area contributed by atoms with Crippen LogP contribution in [0.15, 0.2) is 0 Å². The fourth-order valence-electron chi connectivity index (χ4n) is 0.979. The van der Waals surface area contributed by atoms with Crippen LogP contribution in [0.2, 0.25) is 0 Å². The van der Waals surface area contributed by atoms with E-state index in [9.17, 15) is 0 Å². The van der Waals surface area contributed by atoms with Gasteiger partial charge >= 0.3 is 0 Å². The van der Waals surface area contributed by atoms with E-state index in [2.05, 4.69) is 20.8 Å². The number of rotatable bonds is 5. The maximum atomic E-state index is 2.30. The summed E-state index contributed by atoms with van der Waals surface area (Å²) in [5, 5.41) is 0. The molecule has 0 amide bonds. The first-order valence-electron chi connectivity index (χ1n) is 4.27. The van der Waals surface area contributed by atoms with Gasteiger partial charge in [-0.05, 0) is 5.92 Å². The molecule has 10 heavy (non-hydrogen) atoms. The molecule has 0 nitrogen and oxygen atoms in total. The van der Waals surface area contributed by atoms with Gasteiger partial charge in [-0.15, -0.1) is 0 Å². The zero-order chi connectivity index (χ0) is 7.11. The topological polar surface area (TPSA) is 0 Å². The normalized spacial score (nSPS) is 9.60. The summed E-state index contributed by atoms with van der Waals surface area (Å²) < 4.78 is 0. The summed E-state index contributed by atoms with van der Waals surface area (Å²) in [6.07, 6.45) is 7.07. The summed E-state index contributed by atoms with van der Waals surface area (Å²) in [6.45, 7) is 6.85. The molecule has 0 atom stereocenters. The Morgan fingerprint density at radius 1 is 1.00 bits per heavy atom. The molecule has 0 heterocycles. The number of hydrogen-bond donors (Lipinski definition) is 0. The van der Waals surface area contributed by atoms with Crippen LogP contribution in [0.5, 0.6) is 0 Å². The molecule has 0 rings (SSSR count). The van der Waals surface area contributed by atoms with Crippen molar-refractivity contribution in [3.05, 3.63) is 0 Å². The van der Waals surface area contributed by atoms with Crippen LogP contribution in [0.3, 0.4) is 0 Å². The van der Waals surface area contributed by atoms with Crippen LogP contribution in [0.25, 0.3) is 0 Å². The van der Waals surface area contributed by atoms with E-state index in [0.717, 1.165) is 5.92 Å². The molecule has 58 valence electrons. The zero-order valence-electron chi connectivity index (χ0n) is 7.82. The molecule has 0 spiro atoms. The summed E-state index contributed by atoms with van der Waals surface area (Å²) in [6, 6.07) is 0. The molecule has 0 N–H and O–H groups in total. The van der Waals surface area contributed by atoms with Gasteiger partial charge in [-0.2, -0.15) is 0 Å². The summed E-state index contributed by atoms with van der Waals surface area (Å²) in [5.74, 6) is 0.904. The average Bonchev–Trinajstić information content (AvgIpc) is 1.80. The van der Waals surface area contributed by atoms with Gasteiger partial charge in [-0.1, -0.05) is 52.9 Å². The van der Waals surface area contributed by atoms with Gasteiger partial charge in [0.2, 0.25) is 0 Å². The maximum Gasteiger partial charge on any atom is 0 e. The van der Waals surface area contributed by atoms with Crippen LogP contribution < -0.4 is 0 Å². The number of hydrogen-bond acceptors (Lipinski definition) is 0. The van der Waals surface area contributed by atoms with Crippen LogP contribution in [-0.2, 0) is 19.5 Å². The van der Waals surface area contributed by atoms with Gasteiger partial charge < -0.3 is 0 Å². The standard InChI is InChI=1S/C9H20.Zn/c1-4-5-6-7-8-9(2)3;/h9H,4-8H2,1-3H3;. The van der Waals surface area contributed by atoms with E-state index in [0.29, 0.717) is 0 Å². The monoisotopic (exact) mass is 192 g/mol. The van der Waals surface area contributed by atoms with E-state index >= 15 is 0 Å². The third kappa shape index (κ3) is 11.4. The molecule has 0 unspecified atom stereocenters. The van der Waals surface area contributed by atoms with E-state index in [4.69, 9.17) is 0 Å². The minimum atomic E-state index is 0. The van der Waals surface area contributed by atoms with Gasteiger partial charge in [-0.25, -0.2) is 0 Å². The zero-order valence-corrected chi connectivity index (χ0v) is 10.8. The fourth-order valence-corrected chi connectivity index (χ4v) is 0.979. The molecule has 0 aliphatic rings. The molecule has 0 fully saturated rings. The van der Waals surface area contributed by atoms with Crippen molar-refractivity contribution in [3.8, 4) is 0 Å². The Morgan fingerprint density at radius 2 is 1.60 bits per heavy atom. The first kappa shape index (κ1) is 13.2. The van der Waals surface area contributed by atoms with E-state index < -0.39 is 0 Å². The second-order valence-electron chi connectivity index (χ2n) is 3.24. The predicted molar refractivity (Wildman–Crippen MR) is 43.6 cm³/mol. The van der Waals surface area contributed by atoms with Crippen molar-refractivity contribution >= 4 is 0 Å². The van der Waals surface area contributed by atoms with Crippen molar-refractivity contribution in [1.82, 2.24) is 0 Å². The molecule has 0 bridgehead atoms. The predicted octanol–water partition coefficient (Wildman–Crippen LogP) is 3.61. The Morgan fingerprint density at radius 3 is 2.00 bits per heavy atom. The first-order chi connectivity index (χ1) is 4.27. The van der Waals surface area contributed by atoms with Crippen molar-refractivity contribution < 1.29 is 19.5 Å². The third-order valence-corrected chi connectivity index (χ3v) is 1.64. The minimum absolute atomic E-state index is 0. The van der Waals surface area contributed by atoms with Crippen LogP contribution in [0.1, 0.15) is 52.9 Å². The van der Waals surface area contributed by atoms with Gasteiger partial charge in [0.1, 0.15) is 0 Å². The summed E-state index contributed by atoms with van der Waals surface area (Å²) in [7, 11) is 0. The van der Waals surface area contributed by atoms with Gasteiger partial charge in [0.15, 0.2) is 0 Å². The van der Waals surface area contributed by atoms with Crippen molar-refractivity contribution in [2.45, 2.75) is 52.9 Å². The molecule has 0 aromatic carbocycles. The average molecular weight is 194 g/mol.